The Labute approximate surface area is 86.8 Å². The molecule has 0 amide bonds. The number of rotatable bonds is 1. The Morgan fingerprint density at radius 1 is 1.00 bits per heavy atom. The Morgan fingerprint density at radius 3 is 2.80 bits per heavy atom. The summed E-state index contributed by atoms with van der Waals surface area (Å²) in [5, 5.41) is 9.16. The fraction of sp³-hybridized carbons (Fsp3) is 0. The Morgan fingerprint density at radius 2 is 1.93 bits per heavy atom. The predicted octanol–water partition coefficient (Wildman–Crippen LogP) is 2.62. The lowest BCUT2D eigenvalue weighted by atomic mass is 10.1. The number of nitrogens with zero attached hydrogens (tertiary/aromatic N) is 2. The van der Waals surface area contributed by atoms with Crippen LogP contribution in [-0.2, 0) is 0 Å². The van der Waals surface area contributed by atoms with Crippen LogP contribution in [0.25, 0.3) is 22.2 Å². The van der Waals surface area contributed by atoms with Crippen molar-refractivity contribution in [2.75, 3.05) is 0 Å². The maximum atomic E-state index is 4.10. The van der Waals surface area contributed by atoms with E-state index in [4.69, 9.17) is 0 Å². The summed E-state index contributed by atoms with van der Waals surface area (Å²) in [5.74, 6) is 0. The molecule has 0 unspecified atom stereocenters. The molecule has 0 spiro atoms. The van der Waals surface area contributed by atoms with E-state index < -0.39 is 0 Å². The van der Waals surface area contributed by atoms with Gasteiger partial charge in [0.25, 0.3) is 0 Å². The zero-order valence-electron chi connectivity index (χ0n) is 8.01. The summed E-state index contributed by atoms with van der Waals surface area (Å²) < 4.78 is 0. The Hall–Kier alpha value is -2.16. The molecule has 0 aliphatic rings. The van der Waals surface area contributed by atoms with Gasteiger partial charge in [-0.3, -0.25) is 0 Å². The second kappa shape index (κ2) is 3.20. The van der Waals surface area contributed by atoms with Crippen molar-refractivity contribution in [2.24, 2.45) is 0 Å². The Kier molecular flexibility index (Phi) is 1.75. The van der Waals surface area contributed by atoms with Crippen LogP contribution >= 0.6 is 0 Å². The number of aromatic nitrogens is 3. The van der Waals surface area contributed by atoms with Gasteiger partial charge in [0.1, 0.15) is 0 Å². The Bertz CT molecular complexity index is 584. The number of fused-ring (bicyclic) bond motifs is 1. The van der Waals surface area contributed by atoms with Crippen molar-refractivity contribution in [1.82, 2.24) is 15.2 Å². The number of nitrogens with one attached hydrogen (secondary N) is 1. The second-order valence-corrected chi connectivity index (χ2v) is 3.36. The second-order valence-electron chi connectivity index (χ2n) is 3.36. The highest BCUT2D eigenvalue weighted by molar-refractivity contribution is 5.94. The summed E-state index contributed by atoms with van der Waals surface area (Å²) in [7, 11) is 0. The van der Waals surface area contributed by atoms with Crippen LogP contribution in [0.4, 0.5) is 0 Å². The first kappa shape index (κ1) is 8.17. The minimum Gasteiger partial charge on any atom is -0.360 e. The molecular weight excluding hydrogens is 186 g/mol. The highest BCUT2D eigenvalue weighted by Gasteiger charge is 2.05. The van der Waals surface area contributed by atoms with Gasteiger partial charge in [-0.25, -0.2) is 0 Å². The number of H-pyrrole nitrogens is 1. The minimum absolute atomic E-state index is 0.898. The summed E-state index contributed by atoms with van der Waals surface area (Å²) in [4.78, 5) is 3.22. The minimum atomic E-state index is 0.898. The fourth-order valence-corrected chi connectivity index (χ4v) is 1.73. The normalized spacial score (nSPS) is 10.7. The van der Waals surface area contributed by atoms with Crippen LogP contribution in [0, 0.1) is 0 Å². The van der Waals surface area contributed by atoms with E-state index in [1.807, 2.05) is 30.5 Å². The van der Waals surface area contributed by atoms with Crippen LogP contribution in [-0.4, -0.2) is 15.2 Å². The fourth-order valence-electron chi connectivity index (χ4n) is 1.73. The van der Waals surface area contributed by atoms with Crippen molar-refractivity contribution in [3.8, 4) is 11.3 Å². The van der Waals surface area contributed by atoms with Gasteiger partial charge in [-0.2, -0.15) is 10.2 Å². The first-order valence-electron chi connectivity index (χ1n) is 4.79. The average Bonchev–Trinajstić information content (AvgIpc) is 2.74. The lowest BCUT2D eigenvalue weighted by Gasteiger charge is -1.95. The van der Waals surface area contributed by atoms with E-state index >= 15 is 0 Å². The van der Waals surface area contributed by atoms with Crippen molar-refractivity contribution in [1.29, 1.82) is 0 Å². The maximum Gasteiger partial charge on any atom is 0.0951 e. The number of benzene rings is 1. The quantitative estimate of drug-likeness (QED) is 0.648. The highest BCUT2D eigenvalue weighted by atomic mass is 15.1. The molecule has 1 aromatic carbocycles. The van der Waals surface area contributed by atoms with Crippen LogP contribution in [0.15, 0.2) is 48.8 Å². The van der Waals surface area contributed by atoms with E-state index in [0.29, 0.717) is 0 Å². The monoisotopic (exact) mass is 195 g/mol. The molecule has 15 heavy (non-hydrogen) atoms. The van der Waals surface area contributed by atoms with Crippen LogP contribution in [0.1, 0.15) is 0 Å². The average molecular weight is 195 g/mol. The van der Waals surface area contributed by atoms with E-state index in [-0.39, 0.29) is 0 Å². The first-order valence-corrected chi connectivity index (χ1v) is 4.79. The topological polar surface area (TPSA) is 41.6 Å². The SMILES string of the molecule is c1cnnc(-c2c[nH]c3ccccc23)c1. The number of para-hydroxylation sites is 1. The zero-order chi connectivity index (χ0) is 10.1. The summed E-state index contributed by atoms with van der Waals surface area (Å²) in [6.45, 7) is 0. The summed E-state index contributed by atoms with van der Waals surface area (Å²) in [5.41, 5.74) is 3.12. The number of hydrogen-bond donors (Lipinski definition) is 1. The molecule has 2 heterocycles. The lowest BCUT2D eigenvalue weighted by molar-refractivity contribution is 1.04. The molecule has 0 saturated carbocycles. The molecule has 3 rings (SSSR count). The van der Waals surface area contributed by atoms with Crippen molar-refractivity contribution in [3.63, 3.8) is 0 Å². The lowest BCUT2D eigenvalue weighted by Crippen LogP contribution is -1.83. The molecule has 3 nitrogen and oxygen atoms in total. The van der Waals surface area contributed by atoms with Gasteiger partial charge >= 0.3 is 0 Å². The number of hydrogen-bond acceptors (Lipinski definition) is 2. The van der Waals surface area contributed by atoms with Crippen molar-refractivity contribution < 1.29 is 0 Å². The molecule has 0 aliphatic heterocycles. The maximum absolute atomic E-state index is 4.10. The smallest absolute Gasteiger partial charge is 0.0951 e. The third kappa shape index (κ3) is 1.29. The molecule has 3 heteroatoms. The highest BCUT2D eigenvalue weighted by Crippen LogP contribution is 2.25. The van der Waals surface area contributed by atoms with Gasteiger partial charge in [0.15, 0.2) is 0 Å². The van der Waals surface area contributed by atoms with Gasteiger partial charge in [0, 0.05) is 28.9 Å². The molecule has 0 aliphatic carbocycles. The summed E-state index contributed by atoms with van der Waals surface area (Å²) in [6.07, 6.45) is 3.65. The number of aromatic amines is 1. The summed E-state index contributed by atoms with van der Waals surface area (Å²) >= 11 is 0. The first-order chi connectivity index (χ1) is 7.45. The summed E-state index contributed by atoms with van der Waals surface area (Å²) in [6, 6.07) is 12.0. The predicted molar refractivity (Wildman–Crippen MR) is 59.3 cm³/mol. The molecule has 0 fully saturated rings. The molecule has 0 bridgehead atoms. The third-order valence-corrected chi connectivity index (χ3v) is 2.44. The van der Waals surface area contributed by atoms with Gasteiger partial charge in [0.2, 0.25) is 0 Å². The van der Waals surface area contributed by atoms with Crippen LogP contribution in [0.2, 0.25) is 0 Å². The van der Waals surface area contributed by atoms with Gasteiger partial charge in [-0.1, -0.05) is 18.2 Å². The third-order valence-electron chi connectivity index (χ3n) is 2.44. The van der Waals surface area contributed by atoms with Gasteiger partial charge < -0.3 is 4.98 Å². The molecule has 0 radical (unpaired) electrons. The molecule has 0 saturated heterocycles. The molecule has 72 valence electrons. The van der Waals surface area contributed by atoms with E-state index in [0.717, 1.165) is 16.8 Å². The van der Waals surface area contributed by atoms with Crippen LogP contribution in [0.3, 0.4) is 0 Å². The Balaban J connectivity index is 2.28. The van der Waals surface area contributed by atoms with Gasteiger partial charge in [-0.15, -0.1) is 0 Å². The van der Waals surface area contributed by atoms with Crippen LogP contribution in [0.5, 0.6) is 0 Å². The standard InChI is InChI=1S/C12H9N3/c1-2-5-11-9(4-1)10(8-13-11)12-6-3-7-14-15-12/h1-8,13H. The van der Waals surface area contributed by atoms with Crippen molar-refractivity contribution >= 4 is 10.9 Å². The van der Waals surface area contributed by atoms with Crippen LogP contribution < -0.4 is 0 Å². The van der Waals surface area contributed by atoms with E-state index in [9.17, 15) is 0 Å². The van der Waals surface area contributed by atoms with E-state index in [1.54, 1.807) is 6.20 Å². The molecule has 2 aromatic heterocycles. The van der Waals surface area contributed by atoms with Gasteiger partial charge in [0.05, 0.1) is 5.69 Å². The zero-order valence-corrected chi connectivity index (χ0v) is 8.01. The van der Waals surface area contributed by atoms with Crippen molar-refractivity contribution in [2.45, 2.75) is 0 Å². The largest absolute Gasteiger partial charge is 0.360 e. The van der Waals surface area contributed by atoms with E-state index in [2.05, 4.69) is 27.3 Å². The van der Waals surface area contributed by atoms with E-state index in [1.165, 1.54) is 5.39 Å². The molecule has 0 atom stereocenters. The molecule has 1 N–H and O–H groups in total. The molecule has 3 aromatic rings. The van der Waals surface area contributed by atoms with Crippen molar-refractivity contribution in [3.05, 3.63) is 48.8 Å². The molecular formula is C12H9N3. The van der Waals surface area contributed by atoms with Gasteiger partial charge in [-0.05, 0) is 18.2 Å².